The van der Waals surface area contributed by atoms with Gasteiger partial charge in [-0.05, 0) is 29.5 Å². The van der Waals surface area contributed by atoms with Crippen LogP contribution in [0.3, 0.4) is 0 Å². The molecule has 0 spiro atoms. The summed E-state index contributed by atoms with van der Waals surface area (Å²) in [7, 11) is 0. The Balaban J connectivity index is 2.02. The molecular weight excluding hydrogens is 389 g/mol. The van der Waals surface area contributed by atoms with Crippen LogP contribution in [-0.4, -0.2) is 14.6 Å². The number of aromatic nitrogens is 3. The van der Waals surface area contributed by atoms with Crippen LogP contribution in [0, 0.1) is 5.41 Å². The smallest absolute Gasteiger partial charge is 0.353 e. The van der Waals surface area contributed by atoms with E-state index in [0.29, 0.717) is 27.8 Å². The first-order valence-electron chi connectivity index (χ1n) is 8.82. The standard InChI is InChI=1S/C19H21F3N4OS/c1-5-13-10-14(27)26-17(23-13)28-16(25-26)24-15(18(2,3)4)11-7-6-8-12(9-11)19(20,21)22/h6-10,15H,5H2,1-4H3,(H,24,25). The second kappa shape index (κ2) is 7.20. The predicted octanol–water partition coefficient (Wildman–Crippen LogP) is 4.93. The van der Waals surface area contributed by atoms with Gasteiger partial charge in [0, 0.05) is 11.8 Å². The summed E-state index contributed by atoms with van der Waals surface area (Å²) in [6.07, 6.45) is -3.79. The lowest BCUT2D eigenvalue weighted by atomic mass is 9.82. The van der Waals surface area contributed by atoms with Crippen molar-refractivity contribution in [2.75, 3.05) is 5.32 Å². The van der Waals surface area contributed by atoms with Crippen LogP contribution in [0.25, 0.3) is 4.96 Å². The molecule has 0 aliphatic rings. The van der Waals surface area contributed by atoms with Crippen molar-refractivity contribution in [3.05, 3.63) is 57.5 Å². The molecule has 0 radical (unpaired) electrons. The highest BCUT2D eigenvalue weighted by molar-refractivity contribution is 7.20. The Morgan fingerprint density at radius 1 is 1.21 bits per heavy atom. The molecule has 5 nitrogen and oxygen atoms in total. The van der Waals surface area contributed by atoms with Gasteiger partial charge in [0.05, 0.1) is 11.6 Å². The molecule has 0 saturated carbocycles. The van der Waals surface area contributed by atoms with Gasteiger partial charge in [0.2, 0.25) is 10.1 Å². The van der Waals surface area contributed by atoms with Crippen LogP contribution < -0.4 is 10.9 Å². The molecule has 2 aromatic heterocycles. The molecule has 0 saturated heterocycles. The number of halogens is 3. The molecule has 0 fully saturated rings. The largest absolute Gasteiger partial charge is 0.416 e. The number of hydrogen-bond donors (Lipinski definition) is 1. The summed E-state index contributed by atoms with van der Waals surface area (Å²) in [5, 5.41) is 7.90. The Morgan fingerprint density at radius 2 is 1.93 bits per heavy atom. The van der Waals surface area contributed by atoms with E-state index in [1.165, 1.54) is 28.0 Å². The molecule has 9 heteroatoms. The lowest BCUT2D eigenvalue weighted by Crippen LogP contribution is -2.26. The van der Waals surface area contributed by atoms with Gasteiger partial charge in [-0.2, -0.15) is 17.7 Å². The van der Waals surface area contributed by atoms with Gasteiger partial charge in [0.1, 0.15) is 0 Å². The highest BCUT2D eigenvalue weighted by atomic mass is 32.1. The number of alkyl halides is 3. The van der Waals surface area contributed by atoms with E-state index in [1.807, 2.05) is 27.7 Å². The maximum absolute atomic E-state index is 13.1. The van der Waals surface area contributed by atoms with Crippen LogP contribution >= 0.6 is 11.3 Å². The van der Waals surface area contributed by atoms with Crippen molar-refractivity contribution in [1.29, 1.82) is 0 Å². The van der Waals surface area contributed by atoms with Crippen molar-refractivity contribution >= 4 is 21.4 Å². The van der Waals surface area contributed by atoms with Gasteiger partial charge in [-0.15, -0.1) is 5.10 Å². The fourth-order valence-corrected chi connectivity index (χ4v) is 3.77. The first-order valence-corrected chi connectivity index (χ1v) is 9.64. The minimum atomic E-state index is -4.41. The topological polar surface area (TPSA) is 59.3 Å². The lowest BCUT2D eigenvalue weighted by Gasteiger charge is -2.32. The molecule has 3 aromatic rings. The summed E-state index contributed by atoms with van der Waals surface area (Å²) >= 11 is 1.20. The Morgan fingerprint density at radius 3 is 2.54 bits per heavy atom. The van der Waals surface area contributed by atoms with Crippen LogP contribution in [0.1, 0.15) is 50.6 Å². The van der Waals surface area contributed by atoms with Crippen molar-refractivity contribution in [3.63, 3.8) is 0 Å². The third kappa shape index (κ3) is 4.19. The summed E-state index contributed by atoms with van der Waals surface area (Å²) in [5.41, 5.74) is -0.218. The van der Waals surface area contributed by atoms with E-state index in [4.69, 9.17) is 0 Å². The van der Waals surface area contributed by atoms with Crippen molar-refractivity contribution in [2.45, 2.75) is 46.3 Å². The van der Waals surface area contributed by atoms with Crippen LogP contribution in [0.5, 0.6) is 0 Å². The first-order chi connectivity index (χ1) is 13.0. The molecule has 150 valence electrons. The first kappa shape index (κ1) is 20.3. The number of anilines is 1. The zero-order chi connectivity index (χ0) is 20.7. The van der Waals surface area contributed by atoms with Crippen LogP contribution in [-0.2, 0) is 12.6 Å². The van der Waals surface area contributed by atoms with Crippen LogP contribution in [0.15, 0.2) is 35.1 Å². The molecule has 2 heterocycles. The Labute approximate surface area is 164 Å². The van der Waals surface area contributed by atoms with Gasteiger partial charge in [0.25, 0.3) is 5.56 Å². The number of hydrogen-bond acceptors (Lipinski definition) is 5. The summed E-state index contributed by atoms with van der Waals surface area (Å²) in [6.45, 7) is 7.69. The molecule has 0 aliphatic carbocycles. The Bertz CT molecular complexity index is 1050. The van der Waals surface area contributed by atoms with Crippen molar-refractivity contribution in [3.8, 4) is 0 Å². The van der Waals surface area contributed by atoms with Gasteiger partial charge in [-0.1, -0.05) is 51.2 Å². The van der Waals surface area contributed by atoms with E-state index in [-0.39, 0.29) is 5.56 Å². The Kier molecular flexibility index (Phi) is 5.22. The van der Waals surface area contributed by atoms with Gasteiger partial charge in [0.15, 0.2) is 0 Å². The van der Waals surface area contributed by atoms with E-state index in [2.05, 4.69) is 15.4 Å². The maximum atomic E-state index is 13.1. The van der Waals surface area contributed by atoms with Gasteiger partial charge < -0.3 is 5.32 Å². The minimum absolute atomic E-state index is 0.280. The third-order valence-corrected chi connectivity index (χ3v) is 5.18. The van der Waals surface area contributed by atoms with Crippen molar-refractivity contribution in [1.82, 2.24) is 14.6 Å². The maximum Gasteiger partial charge on any atom is 0.416 e. The molecule has 3 rings (SSSR count). The summed E-state index contributed by atoms with van der Waals surface area (Å²) < 4.78 is 40.6. The summed E-state index contributed by atoms with van der Waals surface area (Å²) in [6, 6.07) is 6.25. The van der Waals surface area contributed by atoms with Gasteiger partial charge in [-0.25, -0.2) is 4.98 Å². The quantitative estimate of drug-likeness (QED) is 0.662. The lowest BCUT2D eigenvalue weighted by molar-refractivity contribution is -0.137. The molecule has 1 unspecified atom stereocenters. The fraction of sp³-hybridized carbons (Fsp3) is 0.421. The highest BCUT2D eigenvalue weighted by Gasteiger charge is 2.33. The molecule has 0 bridgehead atoms. The fourth-order valence-electron chi connectivity index (χ4n) is 2.91. The average molecular weight is 410 g/mol. The third-order valence-electron chi connectivity index (χ3n) is 4.34. The Hall–Kier alpha value is -2.42. The molecule has 0 amide bonds. The molecular formula is C19H21F3N4OS. The number of aryl methyl sites for hydroxylation is 1. The minimum Gasteiger partial charge on any atom is -0.353 e. The second-order valence-electron chi connectivity index (χ2n) is 7.61. The average Bonchev–Trinajstić information content (AvgIpc) is 3.01. The van der Waals surface area contributed by atoms with E-state index in [1.54, 1.807) is 6.07 Å². The van der Waals surface area contributed by atoms with Crippen molar-refractivity contribution in [2.24, 2.45) is 5.41 Å². The molecule has 28 heavy (non-hydrogen) atoms. The number of nitrogens with one attached hydrogen (secondary N) is 1. The predicted molar refractivity (Wildman–Crippen MR) is 104 cm³/mol. The zero-order valence-electron chi connectivity index (χ0n) is 16.0. The highest BCUT2D eigenvalue weighted by Crippen LogP contribution is 2.39. The van der Waals surface area contributed by atoms with Crippen LogP contribution in [0.4, 0.5) is 18.3 Å². The molecule has 1 N–H and O–H groups in total. The van der Waals surface area contributed by atoms with Crippen molar-refractivity contribution < 1.29 is 13.2 Å². The number of rotatable bonds is 4. The van der Waals surface area contributed by atoms with E-state index in [9.17, 15) is 18.0 Å². The van der Waals surface area contributed by atoms with E-state index >= 15 is 0 Å². The summed E-state index contributed by atoms with van der Waals surface area (Å²) in [4.78, 5) is 17.0. The van der Waals surface area contributed by atoms with E-state index < -0.39 is 23.2 Å². The molecule has 0 aliphatic heterocycles. The monoisotopic (exact) mass is 410 g/mol. The summed E-state index contributed by atoms with van der Waals surface area (Å²) in [5.74, 6) is 0. The van der Waals surface area contributed by atoms with Gasteiger partial charge >= 0.3 is 6.18 Å². The number of benzene rings is 1. The second-order valence-corrected chi connectivity index (χ2v) is 8.56. The zero-order valence-corrected chi connectivity index (χ0v) is 16.8. The van der Waals surface area contributed by atoms with E-state index in [0.717, 1.165) is 12.1 Å². The normalized spacial score (nSPS) is 13.7. The SMILES string of the molecule is CCc1cc(=O)n2nc(NC(c3cccc(C(F)(F)F)c3)C(C)(C)C)sc2n1. The molecule has 1 aromatic carbocycles. The van der Waals surface area contributed by atoms with Crippen LogP contribution in [0.2, 0.25) is 0 Å². The number of nitrogens with zero attached hydrogens (tertiary/aromatic N) is 3. The number of fused-ring (bicyclic) bond motifs is 1. The molecule has 1 atom stereocenters. The van der Waals surface area contributed by atoms with Gasteiger partial charge in [-0.3, -0.25) is 4.79 Å².